The lowest BCUT2D eigenvalue weighted by Crippen LogP contribution is -2.44. The zero-order valence-electron chi connectivity index (χ0n) is 14.3. The van der Waals surface area contributed by atoms with Gasteiger partial charge in [0.2, 0.25) is 11.8 Å². The topological polar surface area (TPSA) is 99.2 Å². The van der Waals surface area contributed by atoms with E-state index in [2.05, 4.69) is 5.32 Å². The van der Waals surface area contributed by atoms with Crippen LogP contribution in [0.4, 0.5) is 0 Å². The van der Waals surface area contributed by atoms with Crippen LogP contribution in [0.1, 0.15) is 5.56 Å². The van der Waals surface area contributed by atoms with Crippen LogP contribution in [-0.2, 0) is 20.9 Å². The number of aliphatic carboxylic acids is 1. The van der Waals surface area contributed by atoms with E-state index < -0.39 is 17.3 Å². The first-order valence-electron chi connectivity index (χ1n) is 8.71. The molecule has 2 fully saturated rings. The number of fused-ring (bicyclic) bond motifs is 2. The van der Waals surface area contributed by atoms with E-state index in [1.807, 2.05) is 29.2 Å². The molecule has 0 aliphatic carbocycles. The fourth-order valence-corrected chi connectivity index (χ4v) is 4.08. The van der Waals surface area contributed by atoms with E-state index in [1.54, 1.807) is 0 Å². The van der Waals surface area contributed by atoms with Crippen LogP contribution in [0.15, 0.2) is 24.3 Å². The van der Waals surface area contributed by atoms with Gasteiger partial charge in [-0.15, -0.1) is 0 Å². The van der Waals surface area contributed by atoms with Crippen molar-refractivity contribution in [2.75, 3.05) is 39.3 Å². The number of para-hydroxylation sites is 1. The van der Waals surface area contributed by atoms with Gasteiger partial charge in [0.05, 0.1) is 12.5 Å². The second-order valence-electron chi connectivity index (χ2n) is 7.17. The van der Waals surface area contributed by atoms with Gasteiger partial charge in [0.1, 0.15) is 17.8 Å². The molecule has 2 N–H and O–H groups in total. The number of carbonyl (C=O) groups excluding carboxylic acids is 2. The predicted molar refractivity (Wildman–Crippen MR) is 90.4 cm³/mol. The van der Waals surface area contributed by atoms with Crippen molar-refractivity contribution in [3.05, 3.63) is 29.8 Å². The van der Waals surface area contributed by atoms with Crippen LogP contribution in [0.2, 0.25) is 0 Å². The Kier molecular flexibility index (Phi) is 4.07. The Morgan fingerprint density at radius 2 is 2.15 bits per heavy atom. The molecule has 0 aromatic heterocycles. The fourth-order valence-electron chi connectivity index (χ4n) is 4.08. The molecular formula is C18H21N3O5. The van der Waals surface area contributed by atoms with Gasteiger partial charge < -0.3 is 20.1 Å². The second kappa shape index (κ2) is 6.28. The third-order valence-electron chi connectivity index (χ3n) is 5.61. The van der Waals surface area contributed by atoms with Gasteiger partial charge in [0.25, 0.3) is 0 Å². The average molecular weight is 359 g/mol. The SMILES string of the molecule is O=C1NC[C@@]2(C(=O)O)CN(C(=O)CN3CCOc4ccccc4C3)C[C@@H]12. The van der Waals surface area contributed by atoms with Crippen LogP contribution in [0, 0.1) is 11.3 Å². The van der Waals surface area contributed by atoms with Gasteiger partial charge in [-0.2, -0.15) is 0 Å². The van der Waals surface area contributed by atoms with Crippen LogP contribution >= 0.6 is 0 Å². The molecule has 3 heterocycles. The van der Waals surface area contributed by atoms with Crippen molar-refractivity contribution in [3.63, 3.8) is 0 Å². The van der Waals surface area contributed by atoms with Gasteiger partial charge in [0.15, 0.2) is 0 Å². The number of hydrogen-bond donors (Lipinski definition) is 2. The van der Waals surface area contributed by atoms with Crippen molar-refractivity contribution >= 4 is 17.8 Å². The van der Waals surface area contributed by atoms with Crippen molar-refractivity contribution in [1.82, 2.24) is 15.1 Å². The standard InChI is InChI=1S/C18H21N3O5/c22-15(9-20-5-6-26-14-4-2-1-3-12(14)7-20)21-8-13-16(23)19-10-18(13,11-21)17(24)25/h1-4,13H,5-11H2,(H,19,23)(H,24,25)/t13-,18+/m0/s1. The van der Waals surface area contributed by atoms with Crippen LogP contribution < -0.4 is 10.1 Å². The Bertz CT molecular complexity index is 767. The highest BCUT2D eigenvalue weighted by Crippen LogP contribution is 2.40. The minimum absolute atomic E-state index is 0.0749. The molecule has 0 bridgehead atoms. The van der Waals surface area contributed by atoms with Gasteiger partial charge in [-0.3, -0.25) is 19.3 Å². The van der Waals surface area contributed by atoms with Crippen LogP contribution in [0.3, 0.4) is 0 Å². The average Bonchev–Trinajstić information content (AvgIpc) is 3.07. The van der Waals surface area contributed by atoms with Gasteiger partial charge in [-0.05, 0) is 6.07 Å². The largest absolute Gasteiger partial charge is 0.492 e. The van der Waals surface area contributed by atoms with Crippen LogP contribution in [0.25, 0.3) is 0 Å². The molecule has 0 unspecified atom stereocenters. The van der Waals surface area contributed by atoms with Gasteiger partial charge in [-0.1, -0.05) is 18.2 Å². The highest BCUT2D eigenvalue weighted by atomic mass is 16.5. The first-order valence-corrected chi connectivity index (χ1v) is 8.71. The Morgan fingerprint density at radius 3 is 2.92 bits per heavy atom. The molecule has 8 nitrogen and oxygen atoms in total. The summed E-state index contributed by atoms with van der Waals surface area (Å²) in [5.74, 6) is -1.28. The molecule has 8 heteroatoms. The van der Waals surface area contributed by atoms with Crippen molar-refractivity contribution in [2.24, 2.45) is 11.3 Å². The zero-order valence-corrected chi connectivity index (χ0v) is 14.3. The molecule has 3 aliphatic heterocycles. The third-order valence-corrected chi connectivity index (χ3v) is 5.61. The van der Waals surface area contributed by atoms with Crippen LogP contribution in [0.5, 0.6) is 5.75 Å². The normalized spacial score (nSPS) is 27.9. The number of likely N-dealkylation sites (tertiary alicyclic amines) is 1. The summed E-state index contributed by atoms with van der Waals surface area (Å²) in [5.41, 5.74) is -0.168. The number of nitrogens with zero attached hydrogens (tertiary/aromatic N) is 2. The minimum atomic E-state index is -1.19. The monoisotopic (exact) mass is 359 g/mol. The van der Waals surface area contributed by atoms with E-state index >= 15 is 0 Å². The number of carbonyl (C=O) groups is 3. The smallest absolute Gasteiger partial charge is 0.314 e. The summed E-state index contributed by atoms with van der Waals surface area (Å²) in [7, 11) is 0. The third kappa shape index (κ3) is 2.70. The molecule has 3 aliphatic rings. The summed E-state index contributed by atoms with van der Waals surface area (Å²) >= 11 is 0. The number of amides is 2. The highest BCUT2D eigenvalue weighted by molar-refractivity contribution is 5.94. The van der Waals surface area contributed by atoms with Crippen LogP contribution in [-0.4, -0.2) is 72.0 Å². The first kappa shape index (κ1) is 16.8. The molecule has 1 aromatic carbocycles. The quantitative estimate of drug-likeness (QED) is 0.758. The molecule has 4 rings (SSSR count). The Balaban J connectivity index is 1.45. The van der Waals surface area contributed by atoms with E-state index in [0.29, 0.717) is 19.7 Å². The summed E-state index contributed by atoms with van der Waals surface area (Å²) in [6.07, 6.45) is 0. The summed E-state index contributed by atoms with van der Waals surface area (Å²) < 4.78 is 5.71. The number of hydrogen-bond acceptors (Lipinski definition) is 5. The van der Waals surface area contributed by atoms with Gasteiger partial charge in [-0.25, -0.2) is 0 Å². The van der Waals surface area contributed by atoms with Crippen molar-refractivity contribution in [1.29, 1.82) is 0 Å². The second-order valence-corrected chi connectivity index (χ2v) is 7.17. The van der Waals surface area contributed by atoms with E-state index in [0.717, 1.165) is 11.3 Å². The molecule has 2 atom stereocenters. The molecule has 2 amide bonds. The van der Waals surface area contributed by atoms with E-state index in [4.69, 9.17) is 4.74 Å². The molecular weight excluding hydrogens is 338 g/mol. The summed E-state index contributed by atoms with van der Waals surface area (Å²) in [4.78, 5) is 40.0. The number of carboxylic acids is 1. The van der Waals surface area contributed by atoms with E-state index in [-0.39, 0.29) is 38.0 Å². The fraction of sp³-hybridized carbons (Fsp3) is 0.500. The van der Waals surface area contributed by atoms with E-state index in [9.17, 15) is 19.5 Å². The maximum absolute atomic E-state index is 12.8. The van der Waals surface area contributed by atoms with E-state index in [1.165, 1.54) is 4.90 Å². The molecule has 0 radical (unpaired) electrons. The Morgan fingerprint density at radius 1 is 1.35 bits per heavy atom. The number of rotatable bonds is 3. The molecule has 2 saturated heterocycles. The highest BCUT2D eigenvalue weighted by Gasteiger charge is 2.60. The molecule has 26 heavy (non-hydrogen) atoms. The van der Waals surface area contributed by atoms with Crippen molar-refractivity contribution in [3.8, 4) is 5.75 Å². The predicted octanol–water partition coefficient (Wildman–Crippen LogP) is -0.460. The lowest BCUT2D eigenvalue weighted by molar-refractivity contribution is -0.150. The Hall–Kier alpha value is -2.61. The zero-order chi connectivity index (χ0) is 18.3. The molecule has 0 saturated carbocycles. The summed E-state index contributed by atoms with van der Waals surface area (Å²) in [6.45, 7) is 2.21. The molecule has 1 aromatic rings. The number of ether oxygens (including phenoxy) is 1. The lowest BCUT2D eigenvalue weighted by Gasteiger charge is -2.25. The Labute approximate surface area is 150 Å². The minimum Gasteiger partial charge on any atom is -0.492 e. The number of nitrogens with one attached hydrogen (secondary N) is 1. The van der Waals surface area contributed by atoms with Crippen molar-refractivity contribution < 1.29 is 24.2 Å². The summed E-state index contributed by atoms with van der Waals surface area (Å²) in [5, 5.41) is 12.2. The first-order chi connectivity index (χ1) is 12.5. The number of carboxylic acid groups (broad SMARTS) is 1. The molecule has 138 valence electrons. The maximum atomic E-state index is 12.8. The number of benzene rings is 1. The molecule has 0 spiro atoms. The van der Waals surface area contributed by atoms with Gasteiger partial charge >= 0.3 is 5.97 Å². The maximum Gasteiger partial charge on any atom is 0.314 e. The summed E-state index contributed by atoms with van der Waals surface area (Å²) in [6, 6.07) is 7.74. The lowest BCUT2D eigenvalue weighted by atomic mass is 9.81. The van der Waals surface area contributed by atoms with Gasteiger partial charge in [0, 0.05) is 38.3 Å². The van der Waals surface area contributed by atoms with Crippen molar-refractivity contribution in [2.45, 2.75) is 6.54 Å².